The summed E-state index contributed by atoms with van der Waals surface area (Å²) in [4.78, 5) is 18.7. The molecule has 1 aliphatic carbocycles. The highest BCUT2D eigenvalue weighted by atomic mass is 16.6. The molecule has 1 aromatic heterocycles. The smallest absolute Gasteiger partial charge is 0.337 e. The summed E-state index contributed by atoms with van der Waals surface area (Å²) in [6.45, 7) is 0. The van der Waals surface area contributed by atoms with Gasteiger partial charge in [0, 0.05) is 12.6 Å². The molecule has 0 radical (unpaired) electrons. The van der Waals surface area contributed by atoms with Crippen LogP contribution in [0.3, 0.4) is 0 Å². The van der Waals surface area contributed by atoms with Crippen LogP contribution in [0.25, 0.3) is 11.3 Å². The summed E-state index contributed by atoms with van der Waals surface area (Å²) >= 11 is 0. The van der Waals surface area contributed by atoms with Gasteiger partial charge in [-0.15, -0.1) is 0 Å². The van der Waals surface area contributed by atoms with Crippen molar-refractivity contribution in [1.82, 2.24) is 9.97 Å². The molecule has 7 heteroatoms. The van der Waals surface area contributed by atoms with Crippen molar-refractivity contribution in [2.24, 2.45) is 0 Å². The van der Waals surface area contributed by atoms with Gasteiger partial charge in [0.25, 0.3) is 0 Å². The summed E-state index contributed by atoms with van der Waals surface area (Å²) in [5.41, 5.74) is 0.817. The van der Waals surface area contributed by atoms with Gasteiger partial charge in [-0.05, 0) is 37.1 Å². The molecule has 21 heavy (non-hydrogen) atoms. The van der Waals surface area contributed by atoms with Crippen LogP contribution in [0, 0.1) is 10.1 Å². The Hall–Kier alpha value is -2.70. The molecule has 7 nitrogen and oxygen atoms in total. The molecule has 1 heterocycles. The van der Waals surface area contributed by atoms with Crippen molar-refractivity contribution in [2.75, 3.05) is 12.4 Å². The molecule has 3 rings (SSSR count). The van der Waals surface area contributed by atoms with E-state index in [9.17, 15) is 10.1 Å². The topological polar surface area (TPSA) is 90.2 Å². The van der Waals surface area contributed by atoms with Crippen LogP contribution in [-0.4, -0.2) is 28.0 Å². The second kappa shape index (κ2) is 5.35. The molecular weight excluding hydrogens is 272 g/mol. The highest BCUT2D eigenvalue weighted by molar-refractivity contribution is 5.76. The lowest BCUT2D eigenvalue weighted by atomic mass is 10.1. The number of aromatic nitrogens is 2. The lowest BCUT2D eigenvalue weighted by molar-refractivity contribution is -0.383. The maximum Gasteiger partial charge on any atom is 0.337 e. The summed E-state index contributed by atoms with van der Waals surface area (Å²) in [7, 11) is 1.59. The van der Waals surface area contributed by atoms with Crippen LogP contribution in [0.1, 0.15) is 12.8 Å². The van der Waals surface area contributed by atoms with Crippen molar-refractivity contribution in [3.05, 3.63) is 40.7 Å². The zero-order chi connectivity index (χ0) is 14.8. The van der Waals surface area contributed by atoms with Gasteiger partial charge < -0.3 is 10.1 Å². The van der Waals surface area contributed by atoms with E-state index in [1.165, 1.54) is 6.33 Å². The van der Waals surface area contributed by atoms with Gasteiger partial charge in [-0.3, -0.25) is 10.1 Å². The third-order valence-corrected chi connectivity index (χ3v) is 3.20. The maximum absolute atomic E-state index is 11.3. The monoisotopic (exact) mass is 286 g/mol. The Morgan fingerprint density at radius 1 is 1.29 bits per heavy atom. The number of nitrogens with zero attached hydrogens (tertiary/aromatic N) is 3. The largest absolute Gasteiger partial charge is 0.490 e. The van der Waals surface area contributed by atoms with Crippen LogP contribution in [0.2, 0.25) is 0 Å². The van der Waals surface area contributed by atoms with E-state index in [0.717, 1.165) is 18.6 Å². The van der Waals surface area contributed by atoms with Gasteiger partial charge in [0.2, 0.25) is 5.82 Å². The van der Waals surface area contributed by atoms with Crippen LogP contribution >= 0.6 is 0 Å². The molecule has 0 spiro atoms. The van der Waals surface area contributed by atoms with Crippen molar-refractivity contribution in [1.29, 1.82) is 0 Å². The van der Waals surface area contributed by atoms with Crippen LogP contribution in [0.15, 0.2) is 30.6 Å². The molecule has 1 N–H and O–H groups in total. The van der Waals surface area contributed by atoms with E-state index < -0.39 is 4.92 Å². The van der Waals surface area contributed by atoms with Gasteiger partial charge in [-0.25, -0.2) is 9.97 Å². The van der Waals surface area contributed by atoms with Crippen molar-refractivity contribution < 1.29 is 9.66 Å². The molecule has 0 saturated heterocycles. The number of nitro groups is 1. The molecule has 1 aromatic carbocycles. The van der Waals surface area contributed by atoms with E-state index in [-0.39, 0.29) is 17.2 Å². The van der Waals surface area contributed by atoms with Gasteiger partial charge in [0.05, 0.1) is 11.0 Å². The minimum Gasteiger partial charge on any atom is -0.490 e. The number of hydrogen-bond acceptors (Lipinski definition) is 6. The lowest BCUT2D eigenvalue weighted by Crippen LogP contribution is -2.03. The van der Waals surface area contributed by atoms with E-state index in [1.807, 2.05) is 0 Å². The minimum absolute atomic E-state index is 0.129. The SMILES string of the molecule is CNc1ncnc(-c2ccc(OC3CC3)cc2)c1[N+](=O)[O-]. The molecule has 2 aromatic rings. The fraction of sp³-hybridized carbons (Fsp3) is 0.286. The van der Waals surface area contributed by atoms with Crippen LogP contribution < -0.4 is 10.1 Å². The van der Waals surface area contributed by atoms with Crippen molar-refractivity contribution >= 4 is 11.5 Å². The van der Waals surface area contributed by atoms with Crippen LogP contribution in [-0.2, 0) is 0 Å². The Morgan fingerprint density at radius 2 is 2.00 bits per heavy atom. The first-order chi connectivity index (χ1) is 10.2. The standard InChI is InChI=1S/C14H14N4O3/c1-15-14-13(18(19)20)12(16-8-17-14)9-2-4-10(5-3-9)21-11-6-7-11/h2-5,8,11H,6-7H2,1H3,(H,15,16,17). The number of nitrogens with one attached hydrogen (secondary N) is 1. The van der Waals surface area contributed by atoms with Crippen LogP contribution in [0.4, 0.5) is 11.5 Å². The number of benzene rings is 1. The molecule has 1 saturated carbocycles. The van der Waals surface area contributed by atoms with E-state index in [0.29, 0.717) is 11.7 Å². The van der Waals surface area contributed by atoms with Crippen molar-refractivity contribution in [2.45, 2.75) is 18.9 Å². The third kappa shape index (κ3) is 2.76. The molecule has 0 amide bonds. The summed E-state index contributed by atoms with van der Waals surface area (Å²) in [6, 6.07) is 7.15. The molecule has 0 aliphatic heterocycles. The summed E-state index contributed by atoms with van der Waals surface area (Å²) in [6.07, 6.45) is 3.80. The zero-order valence-electron chi connectivity index (χ0n) is 11.4. The Bertz CT molecular complexity index is 668. The minimum atomic E-state index is -0.476. The molecule has 0 atom stereocenters. The van der Waals surface area contributed by atoms with E-state index >= 15 is 0 Å². The second-order valence-corrected chi connectivity index (χ2v) is 4.77. The number of hydrogen-bond donors (Lipinski definition) is 1. The predicted molar refractivity (Wildman–Crippen MR) is 77.3 cm³/mol. The Labute approximate surface area is 121 Å². The highest BCUT2D eigenvalue weighted by Gasteiger charge is 2.25. The highest BCUT2D eigenvalue weighted by Crippen LogP contribution is 2.34. The first kappa shape index (κ1) is 13.3. The average Bonchev–Trinajstić information content (AvgIpc) is 3.31. The van der Waals surface area contributed by atoms with Gasteiger partial charge in [-0.1, -0.05) is 0 Å². The van der Waals surface area contributed by atoms with Crippen molar-refractivity contribution in [3.8, 4) is 17.0 Å². The first-order valence-electron chi connectivity index (χ1n) is 6.63. The normalized spacial score (nSPS) is 13.8. The van der Waals surface area contributed by atoms with Gasteiger partial charge >= 0.3 is 5.69 Å². The molecule has 108 valence electrons. The van der Waals surface area contributed by atoms with E-state index in [4.69, 9.17) is 4.74 Å². The molecule has 0 unspecified atom stereocenters. The van der Waals surface area contributed by atoms with E-state index in [2.05, 4.69) is 15.3 Å². The quantitative estimate of drug-likeness (QED) is 0.671. The molecule has 0 bridgehead atoms. The predicted octanol–water partition coefficient (Wildman–Crippen LogP) is 2.63. The molecular formula is C14H14N4O3. The third-order valence-electron chi connectivity index (χ3n) is 3.20. The molecule has 1 fully saturated rings. The fourth-order valence-corrected chi connectivity index (χ4v) is 2.02. The lowest BCUT2D eigenvalue weighted by Gasteiger charge is -2.07. The fourth-order valence-electron chi connectivity index (χ4n) is 2.02. The zero-order valence-corrected chi connectivity index (χ0v) is 11.4. The Balaban J connectivity index is 1.97. The summed E-state index contributed by atoms with van der Waals surface area (Å²) in [5.74, 6) is 0.968. The summed E-state index contributed by atoms with van der Waals surface area (Å²) < 4.78 is 5.66. The summed E-state index contributed by atoms with van der Waals surface area (Å²) in [5, 5.41) is 14.0. The Kier molecular flexibility index (Phi) is 3.39. The Morgan fingerprint density at radius 3 is 2.57 bits per heavy atom. The maximum atomic E-state index is 11.3. The van der Waals surface area contributed by atoms with Crippen LogP contribution in [0.5, 0.6) is 5.75 Å². The van der Waals surface area contributed by atoms with Crippen molar-refractivity contribution in [3.63, 3.8) is 0 Å². The van der Waals surface area contributed by atoms with Gasteiger partial charge in [-0.2, -0.15) is 0 Å². The first-order valence-corrected chi connectivity index (χ1v) is 6.63. The van der Waals surface area contributed by atoms with Gasteiger partial charge in [0.15, 0.2) is 5.69 Å². The van der Waals surface area contributed by atoms with Gasteiger partial charge in [0.1, 0.15) is 12.1 Å². The number of anilines is 1. The average molecular weight is 286 g/mol. The number of ether oxygens (including phenoxy) is 1. The number of rotatable bonds is 5. The van der Waals surface area contributed by atoms with E-state index in [1.54, 1.807) is 31.3 Å². The second-order valence-electron chi connectivity index (χ2n) is 4.77. The molecule has 1 aliphatic rings.